The molecular formula is C21H22FN3O3. The van der Waals surface area contributed by atoms with Crippen LogP contribution in [0.25, 0.3) is 0 Å². The summed E-state index contributed by atoms with van der Waals surface area (Å²) in [6, 6.07) is 12.5. The van der Waals surface area contributed by atoms with E-state index in [4.69, 9.17) is 0 Å². The van der Waals surface area contributed by atoms with E-state index in [0.717, 1.165) is 18.5 Å². The first kappa shape index (κ1) is 19.5. The number of nitrogens with one attached hydrogen (secondary N) is 1. The van der Waals surface area contributed by atoms with Crippen molar-refractivity contribution in [2.24, 2.45) is 0 Å². The summed E-state index contributed by atoms with van der Waals surface area (Å²) in [6.45, 7) is 1.19. The number of halogens is 1. The number of nitrogens with zero attached hydrogens (tertiary/aromatic N) is 2. The Morgan fingerprint density at radius 1 is 1.11 bits per heavy atom. The molecule has 0 radical (unpaired) electrons. The summed E-state index contributed by atoms with van der Waals surface area (Å²) in [5, 5.41) is 2.62. The third-order valence-electron chi connectivity index (χ3n) is 4.60. The first-order valence-corrected chi connectivity index (χ1v) is 9.10. The van der Waals surface area contributed by atoms with Crippen LogP contribution in [-0.2, 0) is 16.1 Å². The number of carbonyl (C=O) groups excluding carboxylic acids is 3. The molecule has 0 aliphatic carbocycles. The Hall–Kier alpha value is -3.22. The maximum absolute atomic E-state index is 12.9. The zero-order valence-electron chi connectivity index (χ0n) is 15.7. The van der Waals surface area contributed by atoms with Crippen LogP contribution >= 0.6 is 0 Å². The molecule has 7 heteroatoms. The summed E-state index contributed by atoms with van der Waals surface area (Å²) < 4.78 is 12.9. The van der Waals surface area contributed by atoms with Gasteiger partial charge >= 0.3 is 0 Å². The predicted octanol–water partition coefficient (Wildman–Crippen LogP) is 2.66. The second-order valence-corrected chi connectivity index (χ2v) is 6.83. The van der Waals surface area contributed by atoms with E-state index in [1.54, 1.807) is 19.2 Å². The molecule has 2 aromatic carbocycles. The van der Waals surface area contributed by atoms with Gasteiger partial charge in [-0.1, -0.05) is 12.1 Å². The topological polar surface area (TPSA) is 69.7 Å². The van der Waals surface area contributed by atoms with Crippen LogP contribution < -0.4 is 5.32 Å². The minimum atomic E-state index is -0.386. The molecule has 6 nitrogen and oxygen atoms in total. The Labute approximate surface area is 162 Å². The van der Waals surface area contributed by atoms with E-state index in [9.17, 15) is 18.8 Å². The SMILES string of the molecule is CN(CC(=O)Nc1ccc(F)cc1)C(=O)c1ccc(CN2CCCC2=O)cc1. The van der Waals surface area contributed by atoms with Gasteiger partial charge in [-0.2, -0.15) is 0 Å². The monoisotopic (exact) mass is 383 g/mol. The van der Waals surface area contributed by atoms with E-state index < -0.39 is 0 Å². The summed E-state index contributed by atoms with van der Waals surface area (Å²) in [4.78, 5) is 39.4. The van der Waals surface area contributed by atoms with Crippen LogP contribution in [0.4, 0.5) is 10.1 Å². The van der Waals surface area contributed by atoms with Gasteiger partial charge in [0.2, 0.25) is 11.8 Å². The molecule has 0 atom stereocenters. The van der Waals surface area contributed by atoms with E-state index in [0.29, 0.717) is 24.2 Å². The fourth-order valence-electron chi connectivity index (χ4n) is 3.09. The molecule has 28 heavy (non-hydrogen) atoms. The number of anilines is 1. The molecule has 1 fully saturated rings. The van der Waals surface area contributed by atoms with Crippen molar-refractivity contribution in [1.82, 2.24) is 9.80 Å². The van der Waals surface area contributed by atoms with Crippen molar-refractivity contribution in [3.63, 3.8) is 0 Å². The molecule has 1 aliphatic heterocycles. The van der Waals surface area contributed by atoms with Crippen LogP contribution in [-0.4, -0.2) is 47.7 Å². The van der Waals surface area contributed by atoms with E-state index in [2.05, 4.69) is 5.32 Å². The highest BCUT2D eigenvalue weighted by Crippen LogP contribution is 2.15. The molecule has 1 N–H and O–H groups in total. The first-order valence-electron chi connectivity index (χ1n) is 9.10. The number of rotatable bonds is 6. The van der Waals surface area contributed by atoms with Crippen molar-refractivity contribution in [1.29, 1.82) is 0 Å². The second kappa shape index (κ2) is 8.65. The van der Waals surface area contributed by atoms with Crippen LogP contribution in [0.3, 0.4) is 0 Å². The Morgan fingerprint density at radius 3 is 2.39 bits per heavy atom. The van der Waals surface area contributed by atoms with Crippen molar-refractivity contribution in [2.75, 3.05) is 25.5 Å². The third kappa shape index (κ3) is 4.94. The number of likely N-dealkylation sites (N-methyl/N-ethyl adjacent to an activating group) is 1. The smallest absolute Gasteiger partial charge is 0.254 e. The fourth-order valence-corrected chi connectivity index (χ4v) is 3.09. The minimum absolute atomic E-state index is 0.125. The van der Waals surface area contributed by atoms with Crippen molar-refractivity contribution in [2.45, 2.75) is 19.4 Å². The van der Waals surface area contributed by atoms with Gasteiger partial charge in [0.15, 0.2) is 0 Å². The summed E-state index contributed by atoms with van der Waals surface area (Å²) in [5.74, 6) is -0.875. The summed E-state index contributed by atoms with van der Waals surface area (Å²) in [7, 11) is 1.55. The average molecular weight is 383 g/mol. The van der Waals surface area contributed by atoms with E-state index in [1.165, 1.54) is 29.2 Å². The highest BCUT2D eigenvalue weighted by molar-refractivity contribution is 5.99. The number of likely N-dealkylation sites (tertiary alicyclic amines) is 1. The first-order chi connectivity index (χ1) is 13.4. The van der Waals surface area contributed by atoms with Gasteiger partial charge < -0.3 is 15.1 Å². The standard InChI is InChI=1S/C21H22FN3O3/c1-24(14-19(26)23-18-10-8-17(22)9-11-18)21(28)16-6-4-15(5-7-16)13-25-12-2-3-20(25)27/h4-11H,2-3,12-14H2,1H3,(H,23,26). The summed E-state index contributed by atoms with van der Waals surface area (Å²) in [5.41, 5.74) is 1.89. The van der Waals surface area contributed by atoms with Crippen LogP contribution in [0, 0.1) is 5.82 Å². The van der Waals surface area contributed by atoms with Crippen molar-refractivity contribution in [3.05, 3.63) is 65.5 Å². The molecule has 0 saturated carbocycles. The molecule has 2 aromatic rings. The third-order valence-corrected chi connectivity index (χ3v) is 4.60. The zero-order chi connectivity index (χ0) is 20.1. The fraction of sp³-hybridized carbons (Fsp3) is 0.286. The highest BCUT2D eigenvalue weighted by Gasteiger charge is 2.20. The molecule has 3 amide bonds. The van der Waals surface area contributed by atoms with Crippen LogP contribution in [0.1, 0.15) is 28.8 Å². The lowest BCUT2D eigenvalue weighted by atomic mass is 10.1. The van der Waals surface area contributed by atoms with E-state index in [1.807, 2.05) is 17.0 Å². The zero-order valence-corrected chi connectivity index (χ0v) is 15.7. The number of hydrogen-bond donors (Lipinski definition) is 1. The molecule has 1 saturated heterocycles. The van der Waals surface area contributed by atoms with E-state index in [-0.39, 0.29) is 30.1 Å². The molecule has 1 aliphatic rings. The average Bonchev–Trinajstić information content (AvgIpc) is 3.08. The quantitative estimate of drug-likeness (QED) is 0.834. The van der Waals surface area contributed by atoms with Gasteiger partial charge in [-0.05, 0) is 48.4 Å². The normalized spacial score (nSPS) is 13.5. The Bertz CT molecular complexity index is 865. The Kier molecular flexibility index (Phi) is 6.03. The maximum Gasteiger partial charge on any atom is 0.254 e. The number of benzene rings is 2. The van der Waals surface area contributed by atoms with Gasteiger partial charge in [-0.3, -0.25) is 14.4 Å². The van der Waals surface area contributed by atoms with Crippen LogP contribution in [0.15, 0.2) is 48.5 Å². The summed E-state index contributed by atoms with van der Waals surface area (Å²) in [6.07, 6.45) is 1.49. The summed E-state index contributed by atoms with van der Waals surface area (Å²) >= 11 is 0. The molecule has 0 unspecified atom stereocenters. The van der Waals surface area contributed by atoms with Crippen LogP contribution in [0.5, 0.6) is 0 Å². The molecule has 3 rings (SSSR count). The predicted molar refractivity (Wildman–Crippen MR) is 103 cm³/mol. The van der Waals surface area contributed by atoms with Crippen LogP contribution in [0.2, 0.25) is 0 Å². The number of hydrogen-bond acceptors (Lipinski definition) is 3. The lowest BCUT2D eigenvalue weighted by Gasteiger charge is -2.18. The van der Waals surface area contributed by atoms with Gasteiger partial charge in [0.05, 0.1) is 6.54 Å². The maximum atomic E-state index is 12.9. The molecule has 0 spiro atoms. The van der Waals surface area contributed by atoms with Gasteiger partial charge in [-0.25, -0.2) is 4.39 Å². The van der Waals surface area contributed by atoms with Gasteiger partial charge in [-0.15, -0.1) is 0 Å². The molecule has 146 valence electrons. The highest BCUT2D eigenvalue weighted by atomic mass is 19.1. The van der Waals surface area contributed by atoms with Gasteiger partial charge in [0.1, 0.15) is 5.82 Å². The minimum Gasteiger partial charge on any atom is -0.338 e. The van der Waals surface area contributed by atoms with Crippen molar-refractivity contribution in [3.8, 4) is 0 Å². The second-order valence-electron chi connectivity index (χ2n) is 6.83. The van der Waals surface area contributed by atoms with E-state index >= 15 is 0 Å². The lowest BCUT2D eigenvalue weighted by molar-refractivity contribution is -0.128. The van der Waals surface area contributed by atoms with Gasteiger partial charge in [0, 0.05) is 37.8 Å². The van der Waals surface area contributed by atoms with Crippen molar-refractivity contribution < 1.29 is 18.8 Å². The lowest BCUT2D eigenvalue weighted by Crippen LogP contribution is -2.34. The molecule has 0 bridgehead atoms. The Balaban J connectivity index is 1.54. The molecular weight excluding hydrogens is 361 g/mol. The largest absolute Gasteiger partial charge is 0.338 e. The van der Waals surface area contributed by atoms with Crippen molar-refractivity contribution >= 4 is 23.4 Å². The molecule has 1 heterocycles. The van der Waals surface area contributed by atoms with Gasteiger partial charge in [0.25, 0.3) is 5.91 Å². The molecule has 0 aromatic heterocycles. The number of amides is 3. The Morgan fingerprint density at radius 2 is 1.79 bits per heavy atom. The number of carbonyl (C=O) groups is 3.